The Morgan fingerprint density at radius 1 is 1.04 bits per heavy atom. The Morgan fingerprint density at radius 2 is 1.88 bits per heavy atom. The van der Waals surface area contributed by atoms with E-state index in [2.05, 4.69) is 43.3 Å². The highest BCUT2D eigenvalue weighted by Crippen LogP contribution is 2.18. The summed E-state index contributed by atoms with van der Waals surface area (Å²) in [5, 5.41) is 1.17. The van der Waals surface area contributed by atoms with Gasteiger partial charge in [-0.05, 0) is 54.0 Å². The first-order chi connectivity index (χ1) is 11.8. The van der Waals surface area contributed by atoms with Gasteiger partial charge in [0, 0.05) is 11.7 Å². The van der Waals surface area contributed by atoms with E-state index in [4.69, 9.17) is 4.74 Å². The van der Waals surface area contributed by atoms with Gasteiger partial charge in [-0.25, -0.2) is 0 Å². The predicted octanol–water partition coefficient (Wildman–Crippen LogP) is 4.38. The van der Waals surface area contributed by atoms with E-state index in [9.17, 15) is 4.79 Å². The van der Waals surface area contributed by atoms with Crippen LogP contribution in [-0.4, -0.2) is 17.1 Å². The van der Waals surface area contributed by atoms with Gasteiger partial charge in [0.15, 0.2) is 0 Å². The number of ether oxygens (including phenoxy) is 1. The van der Waals surface area contributed by atoms with Gasteiger partial charge in [0.1, 0.15) is 6.54 Å². The molecule has 3 aromatic rings. The summed E-state index contributed by atoms with van der Waals surface area (Å²) in [5.41, 5.74) is 3.66. The van der Waals surface area contributed by atoms with Crippen LogP contribution in [0.4, 0.5) is 0 Å². The SMILES string of the molecule is CCc1ccc2c(ccn2CC(=O)OCCCc2ccccc2)c1. The summed E-state index contributed by atoms with van der Waals surface area (Å²) in [6.45, 7) is 2.87. The van der Waals surface area contributed by atoms with Gasteiger partial charge in [0.25, 0.3) is 0 Å². The molecule has 0 bridgehead atoms. The Balaban J connectivity index is 1.50. The van der Waals surface area contributed by atoms with Crippen molar-refractivity contribution in [3.05, 3.63) is 71.9 Å². The van der Waals surface area contributed by atoms with Gasteiger partial charge in [-0.15, -0.1) is 0 Å². The van der Waals surface area contributed by atoms with Gasteiger partial charge in [-0.3, -0.25) is 4.79 Å². The fourth-order valence-corrected chi connectivity index (χ4v) is 2.90. The van der Waals surface area contributed by atoms with Crippen LogP contribution in [0, 0.1) is 0 Å². The van der Waals surface area contributed by atoms with Gasteiger partial charge < -0.3 is 9.30 Å². The number of fused-ring (bicyclic) bond motifs is 1. The number of carbonyl (C=O) groups is 1. The number of hydrogen-bond donors (Lipinski definition) is 0. The molecule has 0 N–H and O–H groups in total. The van der Waals surface area contributed by atoms with Crippen LogP contribution >= 0.6 is 0 Å². The third kappa shape index (κ3) is 4.05. The second kappa shape index (κ2) is 7.82. The highest BCUT2D eigenvalue weighted by Gasteiger charge is 2.08. The lowest BCUT2D eigenvalue weighted by Crippen LogP contribution is -2.13. The Bertz CT molecular complexity index is 805. The zero-order valence-corrected chi connectivity index (χ0v) is 14.1. The van der Waals surface area contributed by atoms with Gasteiger partial charge >= 0.3 is 5.97 Å². The van der Waals surface area contributed by atoms with Crippen molar-refractivity contribution in [2.24, 2.45) is 0 Å². The maximum atomic E-state index is 12.0. The van der Waals surface area contributed by atoms with Crippen LogP contribution in [-0.2, 0) is 28.9 Å². The first kappa shape index (κ1) is 16.3. The van der Waals surface area contributed by atoms with Gasteiger partial charge in [-0.1, -0.05) is 43.3 Å². The van der Waals surface area contributed by atoms with E-state index in [-0.39, 0.29) is 12.5 Å². The number of rotatable bonds is 7. The summed E-state index contributed by atoms with van der Waals surface area (Å²) in [5.74, 6) is -0.180. The molecule has 3 rings (SSSR count). The highest BCUT2D eigenvalue weighted by molar-refractivity contribution is 5.82. The summed E-state index contributed by atoms with van der Waals surface area (Å²) in [6.07, 6.45) is 4.75. The van der Waals surface area contributed by atoms with Crippen molar-refractivity contribution in [1.82, 2.24) is 4.57 Å². The van der Waals surface area contributed by atoms with E-state index in [1.165, 1.54) is 16.5 Å². The minimum absolute atomic E-state index is 0.180. The number of benzene rings is 2. The molecule has 0 spiro atoms. The topological polar surface area (TPSA) is 31.2 Å². The standard InChI is InChI=1S/C21H23NO2/c1-2-17-10-11-20-19(15-17)12-13-22(20)16-21(23)24-14-6-9-18-7-4-3-5-8-18/h3-5,7-8,10-13,15H,2,6,9,14,16H2,1H3. The molecule has 0 saturated heterocycles. The Hall–Kier alpha value is -2.55. The Labute approximate surface area is 142 Å². The van der Waals surface area contributed by atoms with Crippen LogP contribution in [0.15, 0.2) is 60.8 Å². The average molecular weight is 321 g/mol. The van der Waals surface area contributed by atoms with Crippen LogP contribution in [0.5, 0.6) is 0 Å². The number of hydrogen-bond acceptors (Lipinski definition) is 2. The normalized spacial score (nSPS) is 10.9. The van der Waals surface area contributed by atoms with Crippen LogP contribution in [0.2, 0.25) is 0 Å². The minimum atomic E-state index is -0.180. The second-order valence-corrected chi connectivity index (χ2v) is 6.00. The molecule has 0 radical (unpaired) electrons. The summed E-state index contributed by atoms with van der Waals surface area (Å²) in [6, 6.07) is 18.7. The first-order valence-electron chi connectivity index (χ1n) is 8.53. The molecule has 0 atom stereocenters. The van der Waals surface area contributed by atoms with Crippen LogP contribution in [0.3, 0.4) is 0 Å². The van der Waals surface area contributed by atoms with Crippen molar-refractivity contribution in [3.63, 3.8) is 0 Å². The summed E-state index contributed by atoms with van der Waals surface area (Å²) in [7, 11) is 0. The van der Waals surface area contributed by atoms with Crippen molar-refractivity contribution in [3.8, 4) is 0 Å². The number of aromatic nitrogens is 1. The van der Waals surface area contributed by atoms with Crippen molar-refractivity contribution >= 4 is 16.9 Å². The second-order valence-electron chi connectivity index (χ2n) is 6.00. The quantitative estimate of drug-likeness (QED) is 0.478. The molecule has 3 nitrogen and oxygen atoms in total. The molecule has 24 heavy (non-hydrogen) atoms. The molecule has 1 heterocycles. The van der Waals surface area contributed by atoms with Crippen molar-refractivity contribution in [2.75, 3.05) is 6.61 Å². The minimum Gasteiger partial charge on any atom is -0.464 e. The molecule has 2 aromatic carbocycles. The molecule has 0 saturated carbocycles. The van der Waals surface area contributed by atoms with E-state index in [0.29, 0.717) is 6.61 Å². The fraction of sp³-hybridized carbons (Fsp3) is 0.286. The summed E-state index contributed by atoms with van der Waals surface area (Å²) < 4.78 is 7.32. The first-order valence-corrected chi connectivity index (χ1v) is 8.53. The molecular formula is C21H23NO2. The number of nitrogens with zero attached hydrogens (tertiary/aromatic N) is 1. The number of esters is 1. The smallest absolute Gasteiger partial charge is 0.325 e. The molecule has 0 aliphatic carbocycles. The molecule has 3 heteroatoms. The third-order valence-electron chi connectivity index (χ3n) is 4.26. The summed E-state index contributed by atoms with van der Waals surface area (Å²) in [4.78, 5) is 12.0. The lowest BCUT2D eigenvalue weighted by atomic mass is 10.1. The molecule has 124 valence electrons. The fourth-order valence-electron chi connectivity index (χ4n) is 2.90. The molecule has 0 fully saturated rings. The van der Waals surface area contributed by atoms with E-state index in [0.717, 1.165) is 24.8 Å². The van der Waals surface area contributed by atoms with Gasteiger partial charge in [-0.2, -0.15) is 0 Å². The molecule has 1 aromatic heterocycles. The maximum Gasteiger partial charge on any atom is 0.325 e. The van der Waals surface area contributed by atoms with E-state index >= 15 is 0 Å². The molecular weight excluding hydrogens is 298 g/mol. The lowest BCUT2D eigenvalue weighted by molar-refractivity contribution is -0.144. The van der Waals surface area contributed by atoms with E-state index in [1.54, 1.807) is 0 Å². The molecule has 0 unspecified atom stereocenters. The lowest BCUT2D eigenvalue weighted by Gasteiger charge is -2.07. The Morgan fingerprint density at radius 3 is 2.67 bits per heavy atom. The largest absolute Gasteiger partial charge is 0.464 e. The van der Waals surface area contributed by atoms with Gasteiger partial charge in [0.2, 0.25) is 0 Å². The van der Waals surface area contributed by atoms with Crippen molar-refractivity contribution < 1.29 is 9.53 Å². The van der Waals surface area contributed by atoms with Crippen LogP contribution in [0.25, 0.3) is 10.9 Å². The third-order valence-corrected chi connectivity index (χ3v) is 4.26. The zero-order chi connectivity index (χ0) is 16.8. The molecule has 0 aliphatic rings. The monoisotopic (exact) mass is 321 g/mol. The number of aryl methyl sites for hydroxylation is 2. The molecule has 0 amide bonds. The average Bonchev–Trinajstić information content (AvgIpc) is 3.01. The van der Waals surface area contributed by atoms with E-state index in [1.807, 2.05) is 29.0 Å². The summed E-state index contributed by atoms with van der Waals surface area (Å²) >= 11 is 0. The van der Waals surface area contributed by atoms with Crippen molar-refractivity contribution in [2.45, 2.75) is 32.7 Å². The number of carbonyl (C=O) groups excluding carboxylic acids is 1. The molecule has 0 aliphatic heterocycles. The highest BCUT2D eigenvalue weighted by atomic mass is 16.5. The Kier molecular flexibility index (Phi) is 5.32. The predicted molar refractivity (Wildman–Crippen MR) is 97.0 cm³/mol. The van der Waals surface area contributed by atoms with Crippen LogP contribution in [0.1, 0.15) is 24.5 Å². The van der Waals surface area contributed by atoms with Crippen molar-refractivity contribution in [1.29, 1.82) is 0 Å². The van der Waals surface area contributed by atoms with E-state index < -0.39 is 0 Å². The van der Waals surface area contributed by atoms with Crippen LogP contribution < -0.4 is 0 Å². The zero-order valence-electron chi connectivity index (χ0n) is 14.1. The van der Waals surface area contributed by atoms with Gasteiger partial charge in [0.05, 0.1) is 6.61 Å². The maximum absolute atomic E-state index is 12.0.